The Kier molecular flexibility index (Phi) is 3.65. The molecule has 1 aromatic heterocycles. The summed E-state index contributed by atoms with van der Waals surface area (Å²) in [4.78, 5) is 0. The molecule has 1 aliphatic heterocycles. The Morgan fingerprint density at radius 3 is 2.73 bits per heavy atom. The maximum Gasteiger partial charge on any atom is 0.0480 e. The van der Waals surface area contributed by atoms with Gasteiger partial charge in [0, 0.05) is 30.3 Å². The van der Waals surface area contributed by atoms with Gasteiger partial charge in [-0.1, -0.05) is 0 Å². The lowest BCUT2D eigenvalue weighted by molar-refractivity contribution is 0.0622. The van der Waals surface area contributed by atoms with Crippen molar-refractivity contribution in [1.82, 2.24) is 0 Å². The van der Waals surface area contributed by atoms with Crippen molar-refractivity contribution < 1.29 is 4.74 Å². The molecule has 84 valence electrons. The van der Waals surface area contributed by atoms with Gasteiger partial charge < -0.3 is 10.1 Å². The van der Waals surface area contributed by atoms with Crippen molar-refractivity contribution in [2.45, 2.75) is 32.7 Å². The normalized spacial score (nSPS) is 20.1. The van der Waals surface area contributed by atoms with Crippen LogP contribution in [-0.4, -0.2) is 19.3 Å². The number of rotatable bonds is 3. The van der Waals surface area contributed by atoms with Gasteiger partial charge in [0.05, 0.1) is 0 Å². The number of aryl methyl sites for hydroxylation is 1. The van der Waals surface area contributed by atoms with E-state index in [4.69, 9.17) is 4.74 Å². The molecule has 0 spiro atoms. The number of ether oxygens (including phenoxy) is 1. The van der Waals surface area contributed by atoms with Crippen LogP contribution in [0.1, 0.15) is 25.3 Å². The Balaban J connectivity index is 1.91. The zero-order valence-corrected chi connectivity index (χ0v) is 10.3. The second-order valence-electron chi connectivity index (χ2n) is 4.35. The van der Waals surface area contributed by atoms with E-state index in [9.17, 15) is 0 Å². The van der Waals surface area contributed by atoms with Gasteiger partial charge in [0.1, 0.15) is 0 Å². The topological polar surface area (TPSA) is 21.3 Å². The van der Waals surface area contributed by atoms with E-state index in [1.807, 2.05) is 0 Å². The lowest BCUT2D eigenvalue weighted by atomic mass is 9.93. The van der Waals surface area contributed by atoms with Crippen molar-refractivity contribution in [2.75, 3.05) is 18.5 Å². The van der Waals surface area contributed by atoms with Crippen LogP contribution in [0.5, 0.6) is 0 Å². The molecule has 2 nitrogen and oxygen atoms in total. The van der Waals surface area contributed by atoms with E-state index >= 15 is 0 Å². The smallest absolute Gasteiger partial charge is 0.0480 e. The van der Waals surface area contributed by atoms with E-state index in [0.29, 0.717) is 6.04 Å². The monoisotopic (exact) mass is 225 g/mol. The average Bonchev–Trinajstić information content (AvgIpc) is 2.66. The van der Waals surface area contributed by atoms with Crippen LogP contribution in [0.25, 0.3) is 0 Å². The minimum Gasteiger partial charge on any atom is -0.381 e. The molecule has 3 heteroatoms. The summed E-state index contributed by atoms with van der Waals surface area (Å²) in [6.07, 6.45) is 2.38. The molecule has 0 amide bonds. The summed E-state index contributed by atoms with van der Waals surface area (Å²) in [5, 5.41) is 8.01. The summed E-state index contributed by atoms with van der Waals surface area (Å²) in [7, 11) is 0. The highest BCUT2D eigenvalue weighted by Gasteiger charge is 2.20. The molecule has 0 saturated carbocycles. The molecule has 15 heavy (non-hydrogen) atoms. The maximum absolute atomic E-state index is 5.38. The fourth-order valence-electron chi connectivity index (χ4n) is 2.09. The molecule has 1 aromatic rings. The summed E-state index contributed by atoms with van der Waals surface area (Å²) in [5.74, 6) is 0.762. The molecule has 1 aliphatic rings. The standard InChI is InChI=1S/C12H19NOS/c1-9-7-15-8-12(9)13-10(2)11-3-5-14-6-4-11/h7-8,10-11,13H,3-6H2,1-2H3. The predicted octanol–water partition coefficient (Wildman–Crippen LogP) is 3.28. The molecule has 2 rings (SSSR count). The van der Waals surface area contributed by atoms with Crippen molar-refractivity contribution in [3.8, 4) is 0 Å². The average molecular weight is 225 g/mol. The number of hydrogen-bond acceptors (Lipinski definition) is 3. The summed E-state index contributed by atoms with van der Waals surface area (Å²) in [5.41, 5.74) is 2.66. The zero-order valence-electron chi connectivity index (χ0n) is 9.45. The number of hydrogen-bond donors (Lipinski definition) is 1. The SMILES string of the molecule is Cc1cscc1NC(C)C1CCOCC1. The molecule has 0 aliphatic carbocycles. The van der Waals surface area contributed by atoms with Gasteiger partial charge >= 0.3 is 0 Å². The summed E-state index contributed by atoms with van der Waals surface area (Å²) in [6, 6.07) is 0.558. The Labute approximate surface area is 95.6 Å². The van der Waals surface area contributed by atoms with Crippen LogP contribution in [0.2, 0.25) is 0 Å². The fraction of sp³-hybridized carbons (Fsp3) is 0.667. The number of nitrogens with one attached hydrogen (secondary N) is 1. The van der Waals surface area contributed by atoms with E-state index in [1.165, 1.54) is 24.1 Å². The third-order valence-electron chi connectivity index (χ3n) is 3.21. The molecule has 1 unspecified atom stereocenters. The third kappa shape index (κ3) is 2.73. The Morgan fingerprint density at radius 1 is 1.40 bits per heavy atom. The minimum atomic E-state index is 0.558. The maximum atomic E-state index is 5.38. The quantitative estimate of drug-likeness (QED) is 0.852. The minimum absolute atomic E-state index is 0.558. The first-order valence-corrected chi connectivity index (χ1v) is 6.58. The summed E-state index contributed by atoms with van der Waals surface area (Å²) >= 11 is 1.77. The van der Waals surface area contributed by atoms with Crippen molar-refractivity contribution in [2.24, 2.45) is 5.92 Å². The summed E-state index contributed by atoms with van der Waals surface area (Å²) in [6.45, 7) is 6.31. The van der Waals surface area contributed by atoms with Gasteiger partial charge in [0.2, 0.25) is 0 Å². The molecule has 0 bridgehead atoms. The first-order chi connectivity index (χ1) is 7.27. The highest BCUT2D eigenvalue weighted by molar-refractivity contribution is 7.08. The van der Waals surface area contributed by atoms with E-state index in [1.54, 1.807) is 11.3 Å². The van der Waals surface area contributed by atoms with E-state index < -0.39 is 0 Å². The number of anilines is 1. The Bertz CT molecular complexity index is 304. The van der Waals surface area contributed by atoms with Crippen molar-refractivity contribution in [3.63, 3.8) is 0 Å². The molecule has 0 radical (unpaired) electrons. The lowest BCUT2D eigenvalue weighted by Crippen LogP contribution is -2.30. The van der Waals surface area contributed by atoms with E-state index in [-0.39, 0.29) is 0 Å². The molecule has 0 aromatic carbocycles. The van der Waals surface area contributed by atoms with E-state index in [0.717, 1.165) is 19.1 Å². The number of thiophene rings is 1. The van der Waals surface area contributed by atoms with Crippen LogP contribution in [-0.2, 0) is 4.74 Å². The van der Waals surface area contributed by atoms with Crippen molar-refractivity contribution in [3.05, 3.63) is 16.3 Å². The highest BCUT2D eigenvalue weighted by Crippen LogP contribution is 2.25. The Hall–Kier alpha value is -0.540. The molecule has 1 saturated heterocycles. The van der Waals surface area contributed by atoms with Gasteiger partial charge in [0.25, 0.3) is 0 Å². The zero-order chi connectivity index (χ0) is 10.7. The van der Waals surface area contributed by atoms with Gasteiger partial charge in [-0.3, -0.25) is 0 Å². The fourth-order valence-corrected chi connectivity index (χ4v) is 2.88. The Morgan fingerprint density at radius 2 is 2.13 bits per heavy atom. The van der Waals surface area contributed by atoms with Crippen molar-refractivity contribution in [1.29, 1.82) is 0 Å². The summed E-state index contributed by atoms with van der Waals surface area (Å²) < 4.78 is 5.38. The lowest BCUT2D eigenvalue weighted by Gasteiger charge is -2.29. The first-order valence-electron chi connectivity index (χ1n) is 5.64. The molecule has 2 heterocycles. The van der Waals surface area contributed by atoms with Crippen LogP contribution < -0.4 is 5.32 Å². The van der Waals surface area contributed by atoms with Crippen LogP contribution in [0.3, 0.4) is 0 Å². The van der Waals surface area contributed by atoms with Gasteiger partial charge in [0.15, 0.2) is 0 Å². The third-order valence-corrected chi connectivity index (χ3v) is 4.07. The van der Waals surface area contributed by atoms with Crippen molar-refractivity contribution >= 4 is 17.0 Å². The van der Waals surface area contributed by atoms with Gasteiger partial charge in [-0.15, -0.1) is 11.3 Å². The molecular formula is C12H19NOS. The van der Waals surface area contributed by atoms with Crippen LogP contribution in [0, 0.1) is 12.8 Å². The highest BCUT2D eigenvalue weighted by atomic mass is 32.1. The molecule has 1 fully saturated rings. The predicted molar refractivity (Wildman–Crippen MR) is 65.7 cm³/mol. The van der Waals surface area contributed by atoms with Crippen LogP contribution >= 0.6 is 11.3 Å². The van der Waals surface area contributed by atoms with Crippen LogP contribution in [0.4, 0.5) is 5.69 Å². The van der Waals surface area contributed by atoms with Crippen LogP contribution in [0.15, 0.2) is 10.8 Å². The van der Waals surface area contributed by atoms with Gasteiger partial charge in [-0.2, -0.15) is 0 Å². The van der Waals surface area contributed by atoms with Gasteiger partial charge in [-0.25, -0.2) is 0 Å². The first kappa shape index (κ1) is 11.0. The largest absolute Gasteiger partial charge is 0.381 e. The second kappa shape index (κ2) is 4.99. The molecule has 1 N–H and O–H groups in total. The second-order valence-corrected chi connectivity index (χ2v) is 5.09. The van der Waals surface area contributed by atoms with Gasteiger partial charge in [-0.05, 0) is 43.6 Å². The molecule has 1 atom stereocenters. The van der Waals surface area contributed by atoms with E-state index in [2.05, 4.69) is 29.9 Å². The molecular weight excluding hydrogens is 206 g/mol.